The Kier molecular flexibility index (Phi) is 16.8. The average molecular weight is 559 g/mol. The van der Waals surface area contributed by atoms with Gasteiger partial charge in [0.1, 0.15) is 18.3 Å². The van der Waals surface area contributed by atoms with Gasteiger partial charge in [-0.2, -0.15) is 0 Å². The average Bonchev–Trinajstić information content (AvgIpc) is 3.02. The normalized spacial score (nSPS) is 13.8. The molecule has 0 saturated carbocycles. The van der Waals surface area contributed by atoms with Crippen molar-refractivity contribution in [3.63, 3.8) is 0 Å². The van der Waals surface area contributed by atoms with Crippen LogP contribution in [0.5, 0.6) is 0 Å². The quantitative estimate of drug-likeness (QED) is 0.0989. The molecule has 0 unspecified atom stereocenters. The summed E-state index contributed by atoms with van der Waals surface area (Å²) in [4.78, 5) is 0. The Bertz CT molecular complexity index is 1040. The Labute approximate surface area is 248 Å². The van der Waals surface area contributed by atoms with Crippen molar-refractivity contribution >= 4 is 0 Å². The van der Waals surface area contributed by atoms with Gasteiger partial charge in [-0.3, -0.25) is 0 Å². The zero-order valence-electron chi connectivity index (χ0n) is 24.9. The van der Waals surface area contributed by atoms with Crippen molar-refractivity contribution in [2.75, 3.05) is 6.61 Å². The van der Waals surface area contributed by atoms with E-state index in [1.165, 1.54) is 44.9 Å². The van der Waals surface area contributed by atoms with Gasteiger partial charge < -0.3 is 19.3 Å². The first-order valence-electron chi connectivity index (χ1n) is 15.5. The summed E-state index contributed by atoms with van der Waals surface area (Å²) in [6, 6.07) is 30.2. The first-order valence-corrected chi connectivity index (χ1v) is 15.5. The van der Waals surface area contributed by atoms with Gasteiger partial charge in [-0.1, -0.05) is 155 Å². The maximum atomic E-state index is 11.3. The molecule has 3 atom stereocenters. The van der Waals surface area contributed by atoms with Crippen LogP contribution in [0.3, 0.4) is 0 Å². The minimum absolute atomic E-state index is 0.158. The van der Waals surface area contributed by atoms with Crippen LogP contribution in [-0.2, 0) is 34.0 Å². The first kappa shape index (κ1) is 32.8. The summed E-state index contributed by atoms with van der Waals surface area (Å²) in [6.45, 7) is 3.68. The lowest BCUT2D eigenvalue weighted by atomic mass is 10.0. The standard InChI is InChI=1S/C37H50O4/c1-2-3-4-5-6-7-8-9-10-20-27-36(40-29-33-23-16-12-17-24-33)37(41-30-34-25-18-13-19-26-34)35(38)31-39-28-32-21-14-11-15-22-32/h11-27,35-38H,2-10,28-31H2,1H3/t35-,36-,37+/m1/s1. The largest absolute Gasteiger partial charge is 0.388 e. The molecule has 1 N–H and O–H groups in total. The van der Waals surface area contributed by atoms with Crippen LogP contribution in [-0.4, -0.2) is 30.0 Å². The van der Waals surface area contributed by atoms with Gasteiger partial charge in [-0.25, -0.2) is 0 Å². The molecule has 0 radical (unpaired) electrons. The molecule has 0 aliphatic carbocycles. The molecule has 0 bridgehead atoms. The highest BCUT2D eigenvalue weighted by Crippen LogP contribution is 2.18. The predicted octanol–water partition coefficient (Wildman–Crippen LogP) is 8.82. The Morgan fingerprint density at radius 3 is 1.66 bits per heavy atom. The van der Waals surface area contributed by atoms with Crippen LogP contribution in [0.25, 0.3) is 0 Å². The molecule has 0 aliphatic heterocycles. The van der Waals surface area contributed by atoms with Crippen LogP contribution in [0.4, 0.5) is 0 Å². The molecule has 4 nitrogen and oxygen atoms in total. The number of rotatable bonds is 22. The molecule has 4 heteroatoms. The highest BCUT2D eigenvalue weighted by Gasteiger charge is 2.29. The van der Waals surface area contributed by atoms with Gasteiger partial charge in [-0.15, -0.1) is 0 Å². The molecular weight excluding hydrogens is 508 g/mol. The van der Waals surface area contributed by atoms with Gasteiger partial charge in [0.25, 0.3) is 0 Å². The summed E-state index contributed by atoms with van der Waals surface area (Å²) in [5.74, 6) is 0. The minimum atomic E-state index is -0.851. The summed E-state index contributed by atoms with van der Waals surface area (Å²) >= 11 is 0. The van der Waals surface area contributed by atoms with Crippen molar-refractivity contribution in [2.24, 2.45) is 0 Å². The maximum absolute atomic E-state index is 11.3. The number of allylic oxidation sites excluding steroid dienone is 1. The minimum Gasteiger partial charge on any atom is -0.388 e. The lowest BCUT2D eigenvalue weighted by molar-refractivity contribution is -0.133. The highest BCUT2D eigenvalue weighted by atomic mass is 16.6. The van der Waals surface area contributed by atoms with Gasteiger partial charge in [-0.05, 0) is 29.5 Å². The third-order valence-corrected chi connectivity index (χ3v) is 7.22. The third-order valence-electron chi connectivity index (χ3n) is 7.22. The molecule has 0 spiro atoms. The molecule has 0 saturated heterocycles. The summed E-state index contributed by atoms with van der Waals surface area (Å²) < 4.78 is 18.7. The van der Waals surface area contributed by atoms with E-state index in [0.29, 0.717) is 19.8 Å². The zero-order chi connectivity index (χ0) is 28.8. The van der Waals surface area contributed by atoms with Crippen LogP contribution in [0.2, 0.25) is 0 Å². The molecule has 3 aromatic carbocycles. The molecule has 3 aromatic rings. The summed E-state index contributed by atoms with van der Waals surface area (Å²) in [6.07, 6.45) is 13.8. The van der Waals surface area contributed by atoms with Crippen molar-refractivity contribution < 1.29 is 19.3 Å². The summed E-state index contributed by atoms with van der Waals surface area (Å²) in [5, 5.41) is 11.3. The number of hydrogen-bond donors (Lipinski definition) is 1. The fraction of sp³-hybridized carbons (Fsp3) is 0.459. The molecule has 0 aromatic heterocycles. The fourth-order valence-corrected chi connectivity index (χ4v) is 4.81. The van der Waals surface area contributed by atoms with Crippen molar-refractivity contribution in [1.29, 1.82) is 0 Å². The fourth-order valence-electron chi connectivity index (χ4n) is 4.81. The molecule has 3 rings (SSSR count). The SMILES string of the molecule is CCCCCCCCCCC=C[C@@H](OCc1ccccc1)[C@@H](OCc1ccccc1)[C@H](O)COCc1ccccc1. The summed E-state index contributed by atoms with van der Waals surface area (Å²) in [7, 11) is 0. The number of ether oxygens (including phenoxy) is 3. The van der Waals surface area contributed by atoms with E-state index in [1.54, 1.807) is 0 Å². The maximum Gasteiger partial charge on any atom is 0.116 e. The Balaban J connectivity index is 1.62. The van der Waals surface area contributed by atoms with Crippen molar-refractivity contribution in [3.8, 4) is 0 Å². The van der Waals surface area contributed by atoms with Gasteiger partial charge >= 0.3 is 0 Å². The van der Waals surface area contributed by atoms with Gasteiger partial charge in [0, 0.05) is 0 Å². The van der Waals surface area contributed by atoms with Gasteiger partial charge in [0.05, 0.1) is 26.4 Å². The predicted molar refractivity (Wildman–Crippen MR) is 169 cm³/mol. The van der Waals surface area contributed by atoms with Crippen molar-refractivity contribution in [2.45, 2.75) is 103 Å². The van der Waals surface area contributed by atoms with E-state index in [2.05, 4.69) is 31.2 Å². The number of aliphatic hydroxyl groups excluding tert-OH is 1. The van der Waals surface area contributed by atoms with E-state index in [-0.39, 0.29) is 6.61 Å². The Hall–Kier alpha value is -2.76. The van der Waals surface area contributed by atoms with E-state index < -0.39 is 18.3 Å². The van der Waals surface area contributed by atoms with Crippen LogP contribution < -0.4 is 0 Å². The Morgan fingerprint density at radius 2 is 1.10 bits per heavy atom. The molecule has 0 amide bonds. The van der Waals surface area contributed by atoms with Crippen molar-refractivity contribution in [1.82, 2.24) is 0 Å². The van der Waals surface area contributed by atoms with Crippen molar-refractivity contribution in [3.05, 3.63) is 120 Å². The second-order valence-corrected chi connectivity index (χ2v) is 10.8. The topological polar surface area (TPSA) is 47.9 Å². The van der Waals surface area contributed by atoms with E-state index in [1.807, 2.05) is 78.9 Å². The Morgan fingerprint density at radius 1 is 0.610 bits per heavy atom. The number of unbranched alkanes of at least 4 members (excludes halogenated alkanes) is 8. The van der Waals surface area contributed by atoms with Crippen LogP contribution >= 0.6 is 0 Å². The lowest BCUT2D eigenvalue weighted by Gasteiger charge is -2.29. The van der Waals surface area contributed by atoms with Crippen LogP contribution in [0, 0.1) is 0 Å². The van der Waals surface area contributed by atoms with E-state index in [0.717, 1.165) is 29.5 Å². The van der Waals surface area contributed by atoms with E-state index in [9.17, 15) is 5.11 Å². The molecule has 0 aliphatic rings. The monoisotopic (exact) mass is 558 g/mol. The second kappa shape index (κ2) is 21.0. The summed E-state index contributed by atoms with van der Waals surface area (Å²) in [5.41, 5.74) is 3.22. The molecular formula is C37H50O4. The van der Waals surface area contributed by atoms with E-state index in [4.69, 9.17) is 14.2 Å². The lowest BCUT2D eigenvalue weighted by Crippen LogP contribution is -2.42. The molecule has 41 heavy (non-hydrogen) atoms. The molecule has 222 valence electrons. The molecule has 0 fully saturated rings. The highest BCUT2D eigenvalue weighted by molar-refractivity contribution is 5.15. The number of benzene rings is 3. The second-order valence-electron chi connectivity index (χ2n) is 10.8. The zero-order valence-corrected chi connectivity index (χ0v) is 24.9. The van der Waals surface area contributed by atoms with Crippen LogP contribution in [0.1, 0.15) is 81.4 Å². The first-order chi connectivity index (χ1) is 20.3. The molecule has 0 heterocycles. The smallest absolute Gasteiger partial charge is 0.116 e. The number of aliphatic hydroxyl groups is 1. The number of hydrogen-bond acceptors (Lipinski definition) is 4. The van der Waals surface area contributed by atoms with Gasteiger partial charge in [0.15, 0.2) is 0 Å². The third kappa shape index (κ3) is 14.1. The van der Waals surface area contributed by atoms with Crippen LogP contribution in [0.15, 0.2) is 103 Å². The van der Waals surface area contributed by atoms with E-state index >= 15 is 0 Å². The van der Waals surface area contributed by atoms with Gasteiger partial charge in [0.2, 0.25) is 0 Å².